The molecule has 0 bridgehead atoms. The van der Waals surface area contributed by atoms with Crippen LogP contribution in [0.15, 0.2) is 0 Å². The number of nitrogens with one attached hydrogen (secondary N) is 2. The van der Waals surface area contributed by atoms with Crippen LogP contribution in [-0.2, 0) is 14.3 Å². The first-order chi connectivity index (χ1) is 8.37. The number of rotatable bonds is 10. The lowest BCUT2D eigenvalue weighted by atomic mass is 10.3. The third kappa shape index (κ3) is 10.5. The van der Waals surface area contributed by atoms with E-state index in [2.05, 4.69) is 24.5 Å². The smallest absolute Gasteiger partial charge is 0.219 e. The summed E-state index contributed by atoms with van der Waals surface area (Å²) in [7, 11) is 0. The standard InChI is InChI=1S/C13H28N2O3/c1-6-12(16)15-8-10-18-13(4,5)17-9-7-14-11(2)3/h11,14H,6-10H2,1-5H3,(H,15,16). The van der Waals surface area contributed by atoms with E-state index >= 15 is 0 Å². The maximum absolute atomic E-state index is 11.0. The van der Waals surface area contributed by atoms with E-state index in [1.807, 2.05) is 20.8 Å². The number of carbonyl (C=O) groups is 1. The molecule has 2 N–H and O–H groups in total. The molecule has 0 radical (unpaired) electrons. The molecule has 0 rings (SSSR count). The van der Waals surface area contributed by atoms with Crippen molar-refractivity contribution in [3.8, 4) is 0 Å². The van der Waals surface area contributed by atoms with Gasteiger partial charge in [0.25, 0.3) is 0 Å². The minimum atomic E-state index is -0.615. The second-order valence-corrected chi connectivity index (χ2v) is 4.91. The van der Waals surface area contributed by atoms with Crippen LogP contribution in [0.5, 0.6) is 0 Å². The van der Waals surface area contributed by atoms with Gasteiger partial charge in [-0.15, -0.1) is 0 Å². The lowest BCUT2D eigenvalue weighted by Gasteiger charge is -2.26. The van der Waals surface area contributed by atoms with Crippen LogP contribution < -0.4 is 10.6 Å². The second-order valence-electron chi connectivity index (χ2n) is 4.91. The number of ether oxygens (including phenoxy) is 2. The molecule has 0 saturated carbocycles. The number of amides is 1. The van der Waals surface area contributed by atoms with E-state index in [0.29, 0.717) is 32.2 Å². The molecule has 0 aromatic carbocycles. The predicted octanol–water partition coefficient (Wildman–Crippen LogP) is 1.28. The molecule has 0 fully saturated rings. The van der Waals surface area contributed by atoms with Gasteiger partial charge in [0.1, 0.15) is 0 Å². The minimum Gasteiger partial charge on any atom is -0.354 e. The van der Waals surface area contributed by atoms with Crippen molar-refractivity contribution >= 4 is 5.91 Å². The fourth-order valence-electron chi connectivity index (χ4n) is 1.30. The van der Waals surface area contributed by atoms with Crippen LogP contribution in [0, 0.1) is 0 Å². The number of carbonyl (C=O) groups excluding carboxylic acids is 1. The van der Waals surface area contributed by atoms with Crippen molar-refractivity contribution in [1.82, 2.24) is 10.6 Å². The van der Waals surface area contributed by atoms with E-state index in [4.69, 9.17) is 9.47 Å². The molecular formula is C13H28N2O3. The Bertz CT molecular complexity index is 230. The first kappa shape index (κ1) is 17.4. The summed E-state index contributed by atoms with van der Waals surface area (Å²) in [5.41, 5.74) is 0. The molecule has 0 aliphatic carbocycles. The third-order valence-corrected chi connectivity index (χ3v) is 2.30. The summed E-state index contributed by atoms with van der Waals surface area (Å²) in [4.78, 5) is 11.0. The molecule has 0 saturated heterocycles. The molecule has 0 aliphatic heterocycles. The highest BCUT2D eigenvalue weighted by molar-refractivity contribution is 5.75. The van der Waals surface area contributed by atoms with E-state index < -0.39 is 5.79 Å². The van der Waals surface area contributed by atoms with Crippen molar-refractivity contribution in [2.45, 2.75) is 52.9 Å². The van der Waals surface area contributed by atoms with Crippen LogP contribution >= 0.6 is 0 Å². The summed E-state index contributed by atoms with van der Waals surface area (Å²) in [6.07, 6.45) is 0.501. The van der Waals surface area contributed by atoms with Crippen molar-refractivity contribution in [3.05, 3.63) is 0 Å². The fourth-order valence-corrected chi connectivity index (χ4v) is 1.30. The van der Waals surface area contributed by atoms with Crippen LogP contribution in [0.1, 0.15) is 41.0 Å². The lowest BCUT2D eigenvalue weighted by molar-refractivity contribution is -0.211. The zero-order chi connectivity index (χ0) is 14.0. The Balaban J connectivity index is 3.57. The third-order valence-electron chi connectivity index (χ3n) is 2.30. The van der Waals surface area contributed by atoms with Gasteiger partial charge < -0.3 is 20.1 Å². The number of hydrogen-bond donors (Lipinski definition) is 2. The van der Waals surface area contributed by atoms with Gasteiger partial charge in [-0.25, -0.2) is 0 Å². The Morgan fingerprint density at radius 3 is 2.22 bits per heavy atom. The Labute approximate surface area is 111 Å². The molecule has 5 nitrogen and oxygen atoms in total. The number of hydrogen-bond acceptors (Lipinski definition) is 4. The van der Waals surface area contributed by atoms with Crippen molar-refractivity contribution in [1.29, 1.82) is 0 Å². The average molecular weight is 260 g/mol. The minimum absolute atomic E-state index is 0.0402. The highest BCUT2D eigenvalue weighted by Crippen LogP contribution is 2.09. The molecule has 5 heteroatoms. The van der Waals surface area contributed by atoms with Crippen molar-refractivity contribution in [2.75, 3.05) is 26.3 Å². The summed E-state index contributed by atoms with van der Waals surface area (Å²) in [6.45, 7) is 12.2. The van der Waals surface area contributed by atoms with Crippen molar-refractivity contribution < 1.29 is 14.3 Å². The van der Waals surface area contributed by atoms with E-state index in [-0.39, 0.29) is 5.91 Å². The van der Waals surface area contributed by atoms with Crippen molar-refractivity contribution in [3.63, 3.8) is 0 Å². The van der Waals surface area contributed by atoms with Gasteiger partial charge in [0.15, 0.2) is 5.79 Å². The summed E-state index contributed by atoms with van der Waals surface area (Å²) in [6, 6.07) is 0.460. The molecule has 18 heavy (non-hydrogen) atoms. The summed E-state index contributed by atoms with van der Waals surface area (Å²) in [5, 5.41) is 6.03. The molecule has 0 aliphatic rings. The van der Waals surface area contributed by atoms with Gasteiger partial charge in [-0.05, 0) is 13.8 Å². The summed E-state index contributed by atoms with van der Waals surface area (Å²) < 4.78 is 11.2. The molecule has 1 amide bonds. The van der Waals surface area contributed by atoms with E-state index in [9.17, 15) is 4.79 Å². The molecule has 0 heterocycles. The largest absolute Gasteiger partial charge is 0.354 e. The van der Waals surface area contributed by atoms with Gasteiger partial charge in [0, 0.05) is 25.6 Å². The van der Waals surface area contributed by atoms with Crippen LogP contribution in [0.4, 0.5) is 0 Å². The quantitative estimate of drug-likeness (QED) is 0.459. The predicted molar refractivity (Wildman–Crippen MR) is 72.4 cm³/mol. The fraction of sp³-hybridized carbons (Fsp3) is 0.923. The molecule has 108 valence electrons. The monoisotopic (exact) mass is 260 g/mol. The van der Waals surface area contributed by atoms with Gasteiger partial charge >= 0.3 is 0 Å². The summed E-state index contributed by atoms with van der Waals surface area (Å²) in [5.74, 6) is -0.575. The summed E-state index contributed by atoms with van der Waals surface area (Å²) >= 11 is 0. The maximum atomic E-state index is 11.0. The molecule has 0 unspecified atom stereocenters. The highest BCUT2D eigenvalue weighted by atomic mass is 16.7. The van der Waals surface area contributed by atoms with Crippen LogP contribution in [0.25, 0.3) is 0 Å². The lowest BCUT2D eigenvalue weighted by Crippen LogP contribution is -2.36. The van der Waals surface area contributed by atoms with Gasteiger partial charge in [0.2, 0.25) is 5.91 Å². The topological polar surface area (TPSA) is 59.6 Å². The van der Waals surface area contributed by atoms with Crippen LogP contribution in [0.2, 0.25) is 0 Å². The van der Waals surface area contributed by atoms with Crippen molar-refractivity contribution in [2.24, 2.45) is 0 Å². The van der Waals surface area contributed by atoms with Crippen LogP contribution in [-0.4, -0.2) is 44.0 Å². The van der Waals surface area contributed by atoms with E-state index in [1.54, 1.807) is 0 Å². The molecule has 0 aromatic rings. The van der Waals surface area contributed by atoms with Gasteiger partial charge in [-0.1, -0.05) is 20.8 Å². The molecule has 0 atom stereocenters. The van der Waals surface area contributed by atoms with Gasteiger partial charge in [-0.3, -0.25) is 4.79 Å². The Morgan fingerprint density at radius 2 is 1.72 bits per heavy atom. The van der Waals surface area contributed by atoms with Gasteiger partial charge in [-0.2, -0.15) is 0 Å². The molecule has 0 aromatic heterocycles. The first-order valence-electron chi connectivity index (χ1n) is 6.65. The zero-order valence-corrected chi connectivity index (χ0v) is 12.3. The Hall–Kier alpha value is -0.650. The maximum Gasteiger partial charge on any atom is 0.219 e. The van der Waals surface area contributed by atoms with E-state index in [0.717, 1.165) is 6.54 Å². The molecular weight excluding hydrogens is 232 g/mol. The Morgan fingerprint density at radius 1 is 1.17 bits per heavy atom. The highest BCUT2D eigenvalue weighted by Gasteiger charge is 2.18. The Kier molecular flexibility index (Phi) is 8.97. The van der Waals surface area contributed by atoms with E-state index in [1.165, 1.54) is 0 Å². The SMILES string of the molecule is CCC(=O)NCCOC(C)(C)OCCNC(C)C. The average Bonchev–Trinajstić information content (AvgIpc) is 2.30. The molecule has 0 spiro atoms. The van der Waals surface area contributed by atoms with Crippen LogP contribution in [0.3, 0.4) is 0 Å². The normalized spacial score (nSPS) is 11.9. The van der Waals surface area contributed by atoms with Gasteiger partial charge in [0.05, 0.1) is 13.2 Å². The first-order valence-corrected chi connectivity index (χ1v) is 6.65. The second kappa shape index (κ2) is 9.30. The zero-order valence-electron chi connectivity index (χ0n) is 12.3.